The van der Waals surface area contributed by atoms with Crippen molar-refractivity contribution < 1.29 is 0 Å². The van der Waals surface area contributed by atoms with Gasteiger partial charge in [-0.2, -0.15) is 0 Å². The summed E-state index contributed by atoms with van der Waals surface area (Å²) in [5, 5.41) is 1.79. The molecule has 2 aromatic heterocycles. The fraction of sp³-hybridized carbons (Fsp3) is 0.0667. The molecule has 0 aliphatic rings. The molecule has 0 saturated heterocycles. The van der Waals surface area contributed by atoms with Crippen LogP contribution in [0.25, 0.3) is 22.0 Å². The number of hydrogen-bond donors (Lipinski definition) is 0. The lowest BCUT2D eigenvalue weighted by molar-refractivity contribution is 1.25. The van der Waals surface area contributed by atoms with Gasteiger partial charge in [-0.25, -0.2) is 0 Å². The molecule has 0 radical (unpaired) electrons. The Labute approximate surface area is 110 Å². The maximum Gasteiger partial charge on any atom is 0.0712 e. The van der Waals surface area contributed by atoms with Crippen LogP contribution >= 0.6 is 11.6 Å². The zero-order valence-corrected chi connectivity index (χ0v) is 10.6. The van der Waals surface area contributed by atoms with Gasteiger partial charge in [-0.3, -0.25) is 9.97 Å². The first kappa shape index (κ1) is 11.2. The van der Waals surface area contributed by atoms with Crippen LogP contribution in [0.4, 0.5) is 0 Å². The van der Waals surface area contributed by atoms with Gasteiger partial charge >= 0.3 is 0 Å². The van der Waals surface area contributed by atoms with Gasteiger partial charge in [-0.15, -0.1) is 0 Å². The number of aryl methyl sites for hydroxylation is 1. The number of rotatable bonds is 1. The molecule has 3 aromatic rings. The lowest BCUT2D eigenvalue weighted by Crippen LogP contribution is -1.88. The van der Waals surface area contributed by atoms with Crippen LogP contribution in [0.2, 0.25) is 5.02 Å². The first-order chi connectivity index (χ1) is 8.74. The van der Waals surface area contributed by atoms with E-state index in [0.717, 1.165) is 32.7 Å². The number of hydrogen-bond acceptors (Lipinski definition) is 2. The van der Waals surface area contributed by atoms with E-state index < -0.39 is 0 Å². The summed E-state index contributed by atoms with van der Waals surface area (Å²) in [4.78, 5) is 8.58. The number of fused-ring (bicyclic) bond motifs is 1. The summed E-state index contributed by atoms with van der Waals surface area (Å²) in [6.45, 7) is 2.00. The molecule has 0 aliphatic carbocycles. The van der Waals surface area contributed by atoms with Crippen molar-refractivity contribution in [2.24, 2.45) is 0 Å². The summed E-state index contributed by atoms with van der Waals surface area (Å²) >= 11 is 6.08. The Hall–Kier alpha value is -1.93. The molecule has 1 aromatic carbocycles. The van der Waals surface area contributed by atoms with Crippen LogP contribution in [0.15, 0.2) is 48.8 Å². The largest absolute Gasteiger partial charge is 0.265 e. The summed E-state index contributed by atoms with van der Waals surface area (Å²) in [6, 6.07) is 11.8. The van der Waals surface area contributed by atoms with Gasteiger partial charge in [0.2, 0.25) is 0 Å². The normalized spacial score (nSPS) is 10.8. The smallest absolute Gasteiger partial charge is 0.0712 e. The second-order valence-electron chi connectivity index (χ2n) is 4.21. The Morgan fingerprint density at radius 2 is 1.78 bits per heavy atom. The lowest BCUT2D eigenvalue weighted by Gasteiger charge is -2.08. The van der Waals surface area contributed by atoms with Gasteiger partial charge < -0.3 is 0 Å². The fourth-order valence-corrected chi connectivity index (χ4v) is 2.27. The maximum absolute atomic E-state index is 6.08. The van der Waals surface area contributed by atoms with Crippen molar-refractivity contribution in [3.05, 3.63) is 59.5 Å². The standard InChI is InChI=1S/C15H11ClN2/c1-10-8-13(11-4-6-17-7-5-11)14-9-12(16)2-3-15(14)18-10/h2-9H,1H3. The van der Waals surface area contributed by atoms with Gasteiger partial charge in [0.25, 0.3) is 0 Å². The lowest BCUT2D eigenvalue weighted by atomic mass is 10.0. The number of pyridine rings is 2. The molecule has 3 rings (SSSR count). The highest BCUT2D eigenvalue weighted by Crippen LogP contribution is 2.29. The van der Waals surface area contributed by atoms with Crippen LogP contribution in [0.1, 0.15) is 5.69 Å². The van der Waals surface area contributed by atoms with Crippen molar-refractivity contribution in [3.63, 3.8) is 0 Å². The van der Waals surface area contributed by atoms with E-state index in [-0.39, 0.29) is 0 Å². The van der Waals surface area contributed by atoms with Gasteiger partial charge in [0, 0.05) is 28.5 Å². The van der Waals surface area contributed by atoms with Crippen LogP contribution in [0, 0.1) is 6.92 Å². The zero-order valence-electron chi connectivity index (χ0n) is 9.89. The fourth-order valence-electron chi connectivity index (χ4n) is 2.10. The van der Waals surface area contributed by atoms with Crippen molar-refractivity contribution in [1.82, 2.24) is 9.97 Å². The maximum atomic E-state index is 6.08. The molecule has 0 fully saturated rings. The van der Waals surface area contributed by atoms with Crippen molar-refractivity contribution >= 4 is 22.5 Å². The molecule has 0 unspecified atom stereocenters. The van der Waals surface area contributed by atoms with E-state index in [1.165, 1.54) is 0 Å². The van der Waals surface area contributed by atoms with E-state index in [9.17, 15) is 0 Å². The third-order valence-electron chi connectivity index (χ3n) is 2.89. The first-order valence-corrected chi connectivity index (χ1v) is 6.09. The molecule has 0 bridgehead atoms. The van der Waals surface area contributed by atoms with Crippen LogP contribution in [0.5, 0.6) is 0 Å². The van der Waals surface area contributed by atoms with Gasteiger partial charge in [-0.1, -0.05) is 11.6 Å². The predicted octanol–water partition coefficient (Wildman–Crippen LogP) is 4.26. The highest BCUT2D eigenvalue weighted by molar-refractivity contribution is 6.31. The quantitative estimate of drug-likeness (QED) is 0.648. The Bertz CT molecular complexity index is 708. The molecule has 0 aliphatic heterocycles. The zero-order chi connectivity index (χ0) is 12.5. The molecule has 88 valence electrons. The van der Waals surface area contributed by atoms with E-state index in [1.54, 1.807) is 12.4 Å². The summed E-state index contributed by atoms with van der Waals surface area (Å²) in [5.41, 5.74) is 4.23. The SMILES string of the molecule is Cc1cc(-c2ccncc2)c2cc(Cl)ccc2n1. The van der Waals surface area contributed by atoms with Crippen LogP contribution in [0.3, 0.4) is 0 Å². The molecule has 18 heavy (non-hydrogen) atoms. The molecular formula is C15H11ClN2. The monoisotopic (exact) mass is 254 g/mol. The van der Waals surface area contributed by atoms with Crippen LogP contribution in [-0.2, 0) is 0 Å². The van der Waals surface area contributed by atoms with E-state index in [4.69, 9.17) is 11.6 Å². The summed E-state index contributed by atoms with van der Waals surface area (Å²) < 4.78 is 0. The molecule has 2 heterocycles. The predicted molar refractivity (Wildman–Crippen MR) is 74.7 cm³/mol. The van der Waals surface area contributed by atoms with E-state index in [2.05, 4.69) is 16.0 Å². The minimum absolute atomic E-state index is 0.725. The molecule has 0 saturated carbocycles. The van der Waals surface area contributed by atoms with Crippen molar-refractivity contribution in [2.75, 3.05) is 0 Å². The molecule has 2 nitrogen and oxygen atoms in total. The van der Waals surface area contributed by atoms with E-state index in [0.29, 0.717) is 0 Å². The summed E-state index contributed by atoms with van der Waals surface area (Å²) in [7, 11) is 0. The average Bonchev–Trinajstić information content (AvgIpc) is 2.39. The van der Waals surface area contributed by atoms with Crippen LogP contribution in [-0.4, -0.2) is 9.97 Å². The Morgan fingerprint density at radius 1 is 1.00 bits per heavy atom. The number of benzene rings is 1. The third kappa shape index (κ3) is 1.95. The molecule has 0 amide bonds. The second-order valence-corrected chi connectivity index (χ2v) is 4.64. The van der Waals surface area contributed by atoms with Crippen molar-refractivity contribution in [3.8, 4) is 11.1 Å². The second kappa shape index (κ2) is 4.39. The first-order valence-electron chi connectivity index (χ1n) is 5.71. The van der Waals surface area contributed by atoms with Gasteiger partial charge in [-0.05, 0) is 54.4 Å². The minimum Gasteiger partial charge on any atom is -0.265 e. The Morgan fingerprint density at radius 3 is 2.56 bits per heavy atom. The number of nitrogens with zero attached hydrogens (tertiary/aromatic N) is 2. The summed E-state index contributed by atoms with van der Waals surface area (Å²) in [5.74, 6) is 0. The van der Waals surface area contributed by atoms with Gasteiger partial charge in [0.15, 0.2) is 0 Å². The van der Waals surface area contributed by atoms with E-state index >= 15 is 0 Å². The van der Waals surface area contributed by atoms with Crippen LogP contribution < -0.4 is 0 Å². The number of aromatic nitrogens is 2. The highest BCUT2D eigenvalue weighted by Gasteiger charge is 2.06. The molecule has 0 spiro atoms. The van der Waals surface area contributed by atoms with Gasteiger partial charge in [0.05, 0.1) is 5.52 Å². The van der Waals surface area contributed by atoms with Gasteiger partial charge in [0.1, 0.15) is 0 Å². The molecule has 0 atom stereocenters. The minimum atomic E-state index is 0.725. The average molecular weight is 255 g/mol. The molecular weight excluding hydrogens is 244 g/mol. The molecule has 0 N–H and O–H groups in total. The summed E-state index contributed by atoms with van der Waals surface area (Å²) in [6.07, 6.45) is 3.59. The highest BCUT2D eigenvalue weighted by atomic mass is 35.5. The third-order valence-corrected chi connectivity index (χ3v) is 3.13. The molecule has 3 heteroatoms. The van der Waals surface area contributed by atoms with E-state index in [1.807, 2.05) is 37.3 Å². The van der Waals surface area contributed by atoms with Crippen molar-refractivity contribution in [1.29, 1.82) is 0 Å². The topological polar surface area (TPSA) is 25.8 Å². The Balaban J connectivity index is 2.37. The number of halogens is 1. The van der Waals surface area contributed by atoms with Crippen molar-refractivity contribution in [2.45, 2.75) is 6.92 Å². The Kier molecular flexibility index (Phi) is 2.73.